The largest absolute Gasteiger partial charge is 0.401 e. The van der Waals surface area contributed by atoms with E-state index in [-0.39, 0.29) is 68.5 Å². The Morgan fingerprint density at radius 2 is 1.61 bits per heavy atom. The van der Waals surface area contributed by atoms with Crippen LogP contribution >= 0.6 is 0 Å². The number of nitrogens with zero attached hydrogens (tertiary/aromatic N) is 1. The molecule has 1 fully saturated rings. The molecule has 1 aromatic carbocycles. The first-order valence-corrected chi connectivity index (χ1v) is 22.6. The van der Waals surface area contributed by atoms with Gasteiger partial charge in [0, 0.05) is 64.9 Å². The smallest absolute Gasteiger partial charge is 0.246 e. The van der Waals surface area contributed by atoms with Crippen molar-refractivity contribution in [2.75, 3.05) is 18.8 Å². The van der Waals surface area contributed by atoms with Crippen molar-refractivity contribution in [3.8, 4) is 0 Å². The number of aliphatic hydroxyl groups excluding tert-OH is 1. The molecular weight excluding hydrogens is 927 g/mol. The minimum Gasteiger partial charge on any atom is -0.401 e. The number of aliphatic hydroxyl groups is 1. The molecule has 3 aliphatic rings. The molecule has 4 heterocycles. The van der Waals surface area contributed by atoms with E-state index in [9.17, 15) is 52.5 Å². The minimum atomic E-state index is -2.23. The number of primary amides is 1. The van der Waals surface area contributed by atoms with Crippen molar-refractivity contribution in [1.29, 1.82) is 0 Å². The molecule has 2 bridgehead atoms. The molecule has 347 valence electrons. The molecule has 2 aromatic rings. The maximum atomic E-state index is 14.6. The van der Waals surface area contributed by atoms with E-state index in [2.05, 4.69) is 43.0 Å². The molecule has 1 radical (unpaired) electrons. The second-order valence-electron chi connectivity index (χ2n) is 16.8. The number of aromatic amines is 1. The Morgan fingerprint density at radius 1 is 0.891 bits per heavy atom. The van der Waals surface area contributed by atoms with Crippen molar-refractivity contribution >= 4 is 74.7 Å². The summed E-state index contributed by atoms with van der Waals surface area (Å²) in [5, 5.41) is 26.9. The summed E-state index contributed by atoms with van der Waals surface area (Å²) in [5.74, 6) is -9.41. The van der Waals surface area contributed by atoms with E-state index < -0.39 is 150 Å². The van der Waals surface area contributed by atoms with Gasteiger partial charge < -0.3 is 52.6 Å². The number of fused-ring (bicyclic) bond motifs is 5. The van der Waals surface area contributed by atoms with Gasteiger partial charge in [-0.2, -0.15) is 24.3 Å². The standard InChI is InChI=1S/C42H58N9O11S.Y/c1-6-20(3)22(5)36-40(60)46-27-15-25-24-10-8-9-11-26(24)48-41(25)63(62)19-29(45-33(55)13-12-31(53)35(21(4)7-2)49-34(56)17-44-37(27)57)38(58)47-28(16-32(43)54)42(61)51-18-23(52)14-30(51)39(59)50-36;/h8,10-11,20-23,27-30,35-36,48,52H,6-7,12-19H2,1-5H3,(H2,43,54)(H,44,57)(H,45,55)(H,46,60)(H,47,58)(H,49,56)(H,50,59);/q-1;/t20-,21-,22-,23+,27?,28-,29-,30-,35-,36?,63?;/m0./s1. The minimum absolute atomic E-state index is 0. The fourth-order valence-electron chi connectivity index (χ4n) is 8.12. The number of H-pyrrole nitrogens is 1. The maximum absolute atomic E-state index is 14.6. The van der Waals surface area contributed by atoms with Crippen molar-refractivity contribution in [1.82, 2.24) is 41.8 Å². The number of nitrogens with one attached hydrogen (secondary N) is 7. The normalized spacial score (nSPS) is 28.4. The van der Waals surface area contributed by atoms with Gasteiger partial charge in [-0.15, -0.1) is 5.39 Å². The van der Waals surface area contributed by atoms with Crippen molar-refractivity contribution in [3.63, 3.8) is 0 Å². The number of hydrogen-bond donors (Lipinski definition) is 9. The first kappa shape index (κ1) is 52.0. The molecule has 0 saturated carbocycles. The third-order valence-corrected chi connectivity index (χ3v) is 13.8. The molecule has 11 atom stereocenters. The van der Waals surface area contributed by atoms with Crippen LogP contribution in [-0.4, -0.2) is 133 Å². The molecule has 20 nitrogen and oxygen atoms in total. The van der Waals surface area contributed by atoms with Crippen molar-refractivity contribution in [2.45, 2.75) is 127 Å². The summed E-state index contributed by atoms with van der Waals surface area (Å²) < 4.78 is 14.6. The van der Waals surface area contributed by atoms with Gasteiger partial charge in [0.05, 0.1) is 46.7 Å². The molecule has 64 heavy (non-hydrogen) atoms. The van der Waals surface area contributed by atoms with Crippen molar-refractivity contribution in [3.05, 3.63) is 29.8 Å². The van der Waals surface area contributed by atoms with Gasteiger partial charge in [-0.1, -0.05) is 53.0 Å². The molecule has 0 aliphatic carbocycles. The fraction of sp³-hybridized carbons (Fsp3) is 0.595. The zero-order valence-electron chi connectivity index (χ0n) is 36.6. The number of Topliss-reactive ketones (excluding diaryl/α,β-unsaturated/α-hetero) is 1. The van der Waals surface area contributed by atoms with Crippen LogP contribution in [0.25, 0.3) is 10.9 Å². The summed E-state index contributed by atoms with van der Waals surface area (Å²) in [5.41, 5.74) is 6.22. The second kappa shape index (κ2) is 23.0. The molecule has 5 rings (SSSR count). The number of aromatic nitrogens is 1. The van der Waals surface area contributed by atoms with Crippen LogP contribution in [0, 0.1) is 23.8 Å². The SMILES string of the molecule is CC[C@H](C)[C@@H]1NC(=O)CNC(=O)C2Cc3c([nH]c4c[c-]ccc34)S(=O)C[C@H](NC(=O)CCC1=O)C(=O)N[C@@H](CC(N)=O)C(=O)N1C[C@H](O)C[C@H]1C(=O)NC([C@@H](C)[C@@H](C)CC)C(=O)N2.[Y]. The van der Waals surface area contributed by atoms with Gasteiger partial charge in [-0.05, 0) is 23.3 Å². The van der Waals surface area contributed by atoms with Crippen LogP contribution in [0.4, 0.5) is 0 Å². The molecule has 10 N–H and O–H groups in total. The zero-order chi connectivity index (χ0) is 46.3. The number of ketones is 1. The van der Waals surface area contributed by atoms with E-state index >= 15 is 0 Å². The zero-order valence-corrected chi connectivity index (χ0v) is 40.3. The van der Waals surface area contributed by atoms with E-state index in [4.69, 9.17) is 5.73 Å². The average molecular weight is 986 g/mol. The van der Waals surface area contributed by atoms with Crippen LogP contribution in [-0.2, 0) is 93.1 Å². The molecule has 1 aromatic heterocycles. The summed E-state index contributed by atoms with van der Waals surface area (Å²) in [6, 6.07) is -1.01. The predicted octanol–water partition coefficient (Wildman–Crippen LogP) is -1.90. The Bertz CT molecular complexity index is 2150. The average Bonchev–Trinajstić information content (AvgIpc) is 3.83. The Labute approximate surface area is 398 Å². The first-order chi connectivity index (χ1) is 29.8. The summed E-state index contributed by atoms with van der Waals surface area (Å²) in [7, 11) is -2.23. The topological polar surface area (TPSA) is 308 Å². The van der Waals surface area contributed by atoms with E-state index in [1.54, 1.807) is 39.0 Å². The van der Waals surface area contributed by atoms with Crippen LogP contribution in [0.15, 0.2) is 23.2 Å². The Balaban J connectivity index is 0.00000898. The summed E-state index contributed by atoms with van der Waals surface area (Å²) in [4.78, 5) is 129. The van der Waals surface area contributed by atoms with E-state index in [0.29, 0.717) is 23.7 Å². The third kappa shape index (κ3) is 12.6. The fourth-order valence-corrected chi connectivity index (χ4v) is 9.52. The maximum Gasteiger partial charge on any atom is 0.246 e. The Morgan fingerprint density at radius 3 is 2.28 bits per heavy atom. The van der Waals surface area contributed by atoms with Crippen LogP contribution < -0.4 is 37.6 Å². The predicted molar refractivity (Wildman–Crippen MR) is 227 cm³/mol. The monoisotopic (exact) mass is 985 g/mol. The molecular formula is C42H58N9O11SY-. The number of carbonyl (C=O) groups is 9. The quantitative estimate of drug-likeness (QED) is 0.138. The number of hydrogen-bond acceptors (Lipinski definition) is 11. The van der Waals surface area contributed by atoms with Crippen molar-refractivity contribution < 1.29 is 85.2 Å². The molecule has 0 spiro atoms. The first-order valence-electron chi connectivity index (χ1n) is 21.3. The number of nitrogens with two attached hydrogens (primary N) is 1. The number of amides is 8. The van der Waals surface area contributed by atoms with Crippen LogP contribution in [0.3, 0.4) is 0 Å². The molecule has 1 saturated heterocycles. The number of rotatable bonds is 7. The van der Waals surface area contributed by atoms with Gasteiger partial charge in [-0.3, -0.25) is 47.4 Å². The Kier molecular flexibility index (Phi) is 18.7. The number of benzene rings is 1. The van der Waals surface area contributed by atoms with Gasteiger partial charge >= 0.3 is 0 Å². The van der Waals surface area contributed by atoms with Crippen molar-refractivity contribution in [2.24, 2.45) is 23.5 Å². The van der Waals surface area contributed by atoms with Gasteiger partial charge in [0.15, 0.2) is 5.78 Å². The summed E-state index contributed by atoms with van der Waals surface area (Å²) >= 11 is 0. The van der Waals surface area contributed by atoms with Crippen LogP contribution in [0.5, 0.6) is 0 Å². The van der Waals surface area contributed by atoms with Gasteiger partial charge in [0.25, 0.3) is 0 Å². The molecule has 8 amide bonds. The third-order valence-electron chi connectivity index (χ3n) is 12.4. The van der Waals surface area contributed by atoms with E-state index in [1.165, 1.54) is 0 Å². The summed E-state index contributed by atoms with van der Waals surface area (Å²) in [6.07, 6.45) is -2.43. The Hall–Kier alpha value is -4.60. The molecule has 3 aliphatic heterocycles. The molecule has 22 heteroatoms. The van der Waals surface area contributed by atoms with Crippen LogP contribution in [0.2, 0.25) is 0 Å². The van der Waals surface area contributed by atoms with Gasteiger partial charge in [-0.25, -0.2) is 0 Å². The van der Waals surface area contributed by atoms with Gasteiger partial charge in [0.2, 0.25) is 47.3 Å². The second-order valence-corrected chi connectivity index (χ2v) is 18.2. The van der Waals surface area contributed by atoms with Crippen LogP contribution in [0.1, 0.15) is 78.7 Å². The molecule has 3 unspecified atom stereocenters. The number of carbonyl (C=O) groups excluding carboxylic acids is 9. The van der Waals surface area contributed by atoms with E-state index in [0.717, 1.165) is 4.90 Å². The summed E-state index contributed by atoms with van der Waals surface area (Å²) in [6.45, 7) is 8.00. The van der Waals surface area contributed by atoms with Gasteiger partial charge in [0.1, 0.15) is 30.2 Å². The van der Waals surface area contributed by atoms with E-state index in [1.807, 2.05) is 13.8 Å².